The molecule has 0 aliphatic carbocycles. The molecule has 0 aromatic carbocycles. The van der Waals surface area contributed by atoms with Gasteiger partial charge in [-0.3, -0.25) is 9.69 Å². The molecule has 2 aliphatic heterocycles. The molecule has 0 radical (unpaired) electrons. The van der Waals surface area contributed by atoms with E-state index in [2.05, 4.69) is 20.5 Å². The first-order valence-electron chi connectivity index (χ1n) is 7.86. The molecule has 23 heavy (non-hydrogen) atoms. The number of aromatic nitrogens is 1. The van der Waals surface area contributed by atoms with Gasteiger partial charge in [-0.1, -0.05) is 6.92 Å². The molecule has 2 fully saturated rings. The molecule has 0 saturated carbocycles. The Labute approximate surface area is 134 Å². The molecule has 1 atom stereocenters. The molecule has 8 heteroatoms. The van der Waals surface area contributed by atoms with E-state index in [1.54, 1.807) is 13.1 Å². The van der Waals surface area contributed by atoms with E-state index in [-0.39, 0.29) is 5.91 Å². The number of hydrogen-bond acceptors (Lipinski definition) is 6. The lowest BCUT2D eigenvalue weighted by atomic mass is 10.3. The molecule has 2 aliphatic rings. The second-order valence-corrected chi connectivity index (χ2v) is 5.52. The summed E-state index contributed by atoms with van der Waals surface area (Å²) in [7, 11) is 0. The summed E-state index contributed by atoms with van der Waals surface area (Å²) in [5.74, 6) is 0.760. The first-order valence-corrected chi connectivity index (χ1v) is 7.86. The number of rotatable bonds is 4. The zero-order valence-corrected chi connectivity index (χ0v) is 13.1. The predicted molar refractivity (Wildman–Crippen MR) is 85.4 cm³/mol. The first-order chi connectivity index (χ1) is 11.2. The number of carbonyl (C=O) groups is 2. The number of anilines is 2. The van der Waals surface area contributed by atoms with Crippen LogP contribution in [0.3, 0.4) is 0 Å². The van der Waals surface area contributed by atoms with Crippen molar-refractivity contribution in [3.63, 3.8) is 0 Å². The molecule has 8 nitrogen and oxygen atoms in total. The lowest BCUT2D eigenvalue weighted by Crippen LogP contribution is -2.43. The summed E-state index contributed by atoms with van der Waals surface area (Å²) in [4.78, 5) is 31.5. The predicted octanol–water partition coefficient (Wildman–Crippen LogP) is 0.300. The van der Waals surface area contributed by atoms with Gasteiger partial charge in [0, 0.05) is 32.6 Å². The smallest absolute Gasteiger partial charge is 0.416 e. The van der Waals surface area contributed by atoms with Crippen molar-refractivity contribution in [3.8, 4) is 0 Å². The van der Waals surface area contributed by atoms with E-state index < -0.39 is 12.3 Å². The molecule has 1 aromatic heterocycles. The number of nitrogens with one attached hydrogen (secondary N) is 2. The molecule has 2 N–H and O–H groups in total. The van der Waals surface area contributed by atoms with Gasteiger partial charge < -0.3 is 20.3 Å². The Morgan fingerprint density at radius 2 is 2.22 bits per heavy atom. The number of carbonyl (C=O) groups excluding carboxylic acids is 2. The monoisotopic (exact) mass is 319 g/mol. The highest BCUT2D eigenvalue weighted by Gasteiger charge is 2.33. The third-order valence-corrected chi connectivity index (χ3v) is 3.94. The highest BCUT2D eigenvalue weighted by Crippen LogP contribution is 2.22. The normalized spacial score (nSPS) is 21.3. The Balaban J connectivity index is 1.64. The van der Waals surface area contributed by atoms with Gasteiger partial charge in [0.15, 0.2) is 6.23 Å². The summed E-state index contributed by atoms with van der Waals surface area (Å²) in [6.07, 6.45) is 0.948. The largest absolute Gasteiger partial charge is 0.423 e. The van der Waals surface area contributed by atoms with Gasteiger partial charge in [0.25, 0.3) is 0 Å². The van der Waals surface area contributed by atoms with Crippen LogP contribution < -0.4 is 20.4 Å². The Bertz CT molecular complexity index is 571. The van der Waals surface area contributed by atoms with Crippen LogP contribution in [0.5, 0.6) is 0 Å². The number of cyclic esters (lactones) is 1. The Kier molecular flexibility index (Phi) is 4.61. The van der Waals surface area contributed by atoms with Crippen LogP contribution in [0.25, 0.3) is 0 Å². The molecular formula is C15H21N5O3. The average molecular weight is 319 g/mol. The molecule has 3 heterocycles. The molecular weight excluding hydrogens is 298 g/mol. The van der Waals surface area contributed by atoms with E-state index in [4.69, 9.17) is 4.74 Å². The van der Waals surface area contributed by atoms with E-state index in [1.165, 1.54) is 4.90 Å². The van der Waals surface area contributed by atoms with Crippen LogP contribution in [0.15, 0.2) is 18.3 Å². The SMILES string of the molecule is CCC(=O)N[C@@H]1CN(c2ccc(N3CCNCC3)nc2)C(=O)O1. The Morgan fingerprint density at radius 1 is 1.43 bits per heavy atom. The summed E-state index contributed by atoms with van der Waals surface area (Å²) in [5, 5.41) is 5.96. The molecule has 0 bridgehead atoms. The van der Waals surface area contributed by atoms with Crippen molar-refractivity contribution in [2.24, 2.45) is 0 Å². The van der Waals surface area contributed by atoms with E-state index in [0.717, 1.165) is 32.0 Å². The number of nitrogens with zero attached hydrogens (tertiary/aromatic N) is 3. The summed E-state index contributed by atoms with van der Waals surface area (Å²) < 4.78 is 5.16. The van der Waals surface area contributed by atoms with Gasteiger partial charge in [-0.25, -0.2) is 9.78 Å². The maximum atomic E-state index is 11.9. The van der Waals surface area contributed by atoms with E-state index in [1.807, 2.05) is 12.1 Å². The van der Waals surface area contributed by atoms with Crippen molar-refractivity contribution < 1.29 is 14.3 Å². The Morgan fingerprint density at radius 3 is 2.87 bits per heavy atom. The van der Waals surface area contributed by atoms with Crippen molar-refractivity contribution >= 4 is 23.5 Å². The van der Waals surface area contributed by atoms with Gasteiger partial charge in [0.05, 0.1) is 18.4 Å². The number of ether oxygens (including phenoxy) is 1. The number of pyridine rings is 1. The van der Waals surface area contributed by atoms with Crippen LogP contribution >= 0.6 is 0 Å². The fourth-order valence-corrected chi connectivity index (χ4v) is 2.65. The number of hydrogen-bond donors (Lipinski definition) is 2. The highest BCUT2D eigenvalue weighted by molar-refractivity contribution is 5.90. The molecule has 2 saturated heterocycles. The van der Waals surface area contributed by atoms with Gasteiger partial charge in [-0.05, 0) is 12.1 Å². The van der Waals surface area contributed by atoms with Gasteiger partial charge in [-0.2, -0.15) is 0 Å². The molecule has 0 unspecified atom stereocenters. The van der Waals surface area contributed by atoms with Crippen LogP contribution in [-0.2, 0) is 9.53 Å². The van der Waals surface area contributed by atoms with Crippen molar-refractivity contribution in [1.29, 1.82) is 0 Å². The van der Waals surface area contributed by atoms with Crippen LogP contribution in [0.4, 0.5) is 16.3 Å². The minimum atomic E-state index is -0.609. The second-order valence-electron chi connectivity index (χ2n) is 5.52. The van der Waals surface area contributed by atoms with Gasteiger partial charge >= 0.3 is 6.09 Å². The molecule has 1 aromatic rings. The number of amides is 2. The van der Waals surface area contributed by atoms with E-state index >= 15 is 0 Å². The minimum absolute atomic E-state index is 0.142. The maximum Gasteiger partial charge on any atom is 0.416 e. The van der Waals surface area contributed by atoms with Gasteiger partial charge in [-0.15, -0.1) is 0 Å². The molecule has 2 amide bonds. The summed E-state index contributed by atoms with van der Waals surface area (Å²) in [5.41, 5.74) is 0.669. The van der Waals surface area contributed by atoms with Crippen molar-refractivity contribution in [1.82, 2.24) is 15.6 Å². The van der Waals surface area contributed by atoms with Crippen LogP contribution in [0, 0.1) is 0 Å². The molecule has 124 valence electrons. The topological polar surface area (TPSA) is 86.8 Å². The zero-order chi connectivity index (χ0) is 16.2. The van der Waals surface area contributed by atoms with Crippen molar-refractivity contribution in [2.75, 3.05) is 42.5 Å². The third kappa shape index (κ3) is 3.53. The van der Waals surface area contributed by atoms with Gasteiger partial charge in [0.1, 0.15) is 5.82 Å². The van der Waals surface area contributed by atoms with E-state index in [0.29, 0.717) is 18.7 Å². The highest BCUT2D eigenvalue weighted by atomic mass is 16.6. The molecule has 3 rings (SSSR count). The van der Waals surface area contributed by atoms with Crippen LogP contribution in [0.2, 0.25) is 0 Å². The minimum Gasteiger partial charge on any atom is -0.423 e. The average Bonchev–Trinajstić information content (AvgIpc) is 2.96. The van der Waals surface area contributed by atoms with Crippen molar-refractivity contribution in [3.05, 3.63) is 18.3 Å². The lowest BCUT2D eigenvalue weighted by molar-refractivity contribution is -0.123. The summed E-state index contributed by atoms with van der Waals surface area (Å²) in [6, 6.07) is 3.77. The zero-order valence-electron chi connectivity index (χ0n) is 13.1. The molecule has 0 spiro atoms. The number of piperazine rings is 1. The fraction of sp³-hybridized carbons (Fsp3) is 0.533. The quantitative estimate of drug-likeness (QED) is 0.830. The van der Waals surface area contributed by atoms with Gasteiger partial charge in [0.2, 0.25) is 5.91 Å². The van der Waals surface area contributed by atoms with Crippen molar-refractivity contribution in [2.45, 2.75) is 19.6 Å². The maximum absolute atomic E-state index is 11.9. The van der Waals surface area contributed by atoms with Crippen LogP contribution in [-0.4, -0.2) is 55.9 Å². The third-order valence-electron chi connectivity index (χ3n) is 3.94. The summed E-state index contributed by atoms with van der Waals surface area (Å²) in [6.45, 7) is 5.77. The first kappa shape index (κ1) is 15.5. The fourth-order valence-electron chi connectivity index (χ4n) is 2.65. The Hall–Kier alpha value is -2.35. The summed E-state index contributed by atoms with van der Waals surface area (Å²) >= 11 is 0. The van der Waals surface area contributed by atoms with E-state index in [9.17, 15) is 9.59 Å². The van der Waals surface area contributed by atoms with Crippen LogP contribution in [0.1, 0.15) is 13.3 Å². The standard InChI is InChI=1S/C15H21N5O3/c1-2-13(21)18-14-10-20(15(22)23-14)11-3-4-12(17-9-11)19-7-5-16-6-8-19/h3-4,9,14,16H,2,5-8,10H2,1H3,(H,18,21)/t14-/m0/s1. The second kappa shape index (κ2) is 6.82. The lowest BCUT2D eigenvalue weighted by Gasteiger charge is -2.28.